The molecule has 0 aliphatic carbocycles. The van der Waals surface area contributed by atoms with Gasteiger partial charge in [0.2, 0.25) is 0 Å². The Hall–Kier alpha value is -2.63. The maximum Gasteiger partial charge on any atom is 0.132 e. The molecular weight excluding hydrogens is 278 g/mol. The SMILES string of the molecule is COc1cc(OCc2ccc(F)cc2F)cc(C(=N)N)c1. The van der Waals surface area contributed by atoms with Gasteiger partial charge in [0.25, 0.3) is 0 Å². The molecule has 0 aromatic heterocycles. The summed E-state index contributed by atoms with van der Waals surface area (Å²) < 4.78 is 36.9. The second-order valence-electron chi connectivity index (χ2n) is 4.34. The molecule has 0 saturated carbocycles. The van der Waals surface area contributed by atoms with Gasteiger partial charge in [-0.1, -0.05) is 0 Å². The first kappa shape index (κ1) is 14.8. The maximum absolute atomic E-state index is 13.5. The number of methoxy groups -OCH3 is 1. The van der Waals surface area contributed by atoms with Crippen molar-refractivity contribution in [2.45, 2.75) is 6.61 Å². The minimum absolute atomic E-state index is 0.0728. The van der Waals surface area contributed by atoms with Gasteiger partial charge in [-0.3, -0.25) is 5.41 Å². The van der Waals surface area contributed by atoms with Crippen LogP contribution in [0, 0.1) is 17.0 Å². The molecule has 0 atom stereocenters. The van der Waals surface area contributed by atoms with E-state index in [9.17, 15) is 8.78 Å². The molecule has 0 fully saturated rings. The first-order chi connectivity index (χ1) is 9.99. The lowest BCUT2D eigenvalue weighted by Crippen LogP contribution is -2.11. The second-order valence-corrected chi connectivity index (χ2v) is 4.34. The van der Waals surface area contributed by atoms with Gasteiger partial charge in [-0.05, 0) is 24.3 Å². The molecule has 4 nitrogen and oxygen atoms in total. The van der Waals surface area contributed by atoms with E-state index in [1.807, 2.05) is 0 Å². The number of halogens is 2. The number of rotatable bonds is 5. The summed E-state index contributed by atoms with van der Waals surface area (Å²) in [4.78, 5) is 0. The van der Waals surface area contributed by atoms with Gasteiger partial charge in [-0.15, -0.1) is 0 Å². The van der Waals surface area contributed by atoms with Crippen LogP contribution in [0.25, 0.3) is 0 Å². The van der Waals surface area contributed by atoms with Crippen LogP contribution in [0.3, 0.4) is 0 Å². The van der Waals surface area contributed by atoms with Crippen molar-refractivity contribution in [3.8, 4) is 11.5 Å². The van der Waals surface area contributed by atoms with E-state index < -0.39 is 11.6 Å². The number of nitrogen functional groups attached to an aromatic ring is 1. The number of amidine groups is 1. The lowest BCUT2D eigenvalue weighted by molar-refractivity contribution is 0.297. The van der Waals surface area contributed by atoms with E-state index in [0.717, 1.165) is 12.1 Å². The molecule has 0 radical (unpaired) electrons. The third-order valence-electron chi connectivity index (χ3n) is 2.84. The predicted molar refractivity (Wildman–Crippen MR) is 74.7 cm³/mol. The number of ether oxygens (including phenoxy) is 2. The van der Waals surface area contributed by atoms with Crippen LogP contribution in [0.5, 0.6) is 11.5 Å². The molecule has 0 spiro atoms. The van der Waals surface area contributed by atoms with Crippen LogP contribution in [0.15, 0.2) is 36.4 Å². The molecule has 21 heavy (non-hydrogen) atoms. The molecule has 6 heteroatoms. The summed E-state index contributed by atoms with van der Waals surface area (Å²) in [5.74, 6) is -0.603. The minimum Gasteiger partial charge on any atom is -0.497 e. The molecule has 3 N–H and O–H groups in total. The average Bonchev–Trinajstić information content (AvgIpc) is 2.46. The van der Waals surface area contributed by atoms with Crippen LogP contribution in [0.1, 0.15) is 11.1 Å². The molecule has 0 heterocycles. The molecule has 0 aliphatic rings. The lowest BCUT2D eigenvalue weighted by atomic mass is 10.2. The predicted octanol–water partition coefficient (Wildman–Crippen LogP) is 2.84. The topological polar surface area (TPSA) is 68.3 Å². The van der Waals surface area contributed by atoms with E-state index in [-0.39, 0.29) is 18.0 Å². The Kier molecular flexibility index (Phi) is 4.37. The number of benzene rings is 2. The second kappa shape index (κ2) is 6.21. The third-order valence-corrected chi connectivity index (χ3v) is 2.84. The van der Waals surface area contributed by atoms with Crippen LogP contribution >= 0.6 is 0 Å². The zero-order valence-corrected chi connectivity index (χ0v) is 11.3. The highest BCUT2D eigenvalue weighted by Gasteiger charge is 2.08. The summed E-state index contributed by atoms with van der Waals surface area (Å²) in [6.45, 7) is -0.0728. The summed E-state index contributed by atoms with van der Waals surface area (Å²) in [5.41, 5.74) is 6.08. The van der Waals surface area contributed by atoms with Crippen molar-refractivity contribution in [1.29, 1.82) is 5.41 Å². The zero-order chi connectivity index (χ0) is 15.4. The summed E-state index contributed by atoms with van der Waals surface area (Å²) in [7, 11) is 1.47. The number of hydrogen-bond acceptors (Lipinski definition) is 3. The van der Waals surface area contributed by atoms with Gasteiger partial charge < -0.3 is 15.2 Å². The van der Waals surface area contributed by atoms with Crippen molar-refractivity contribution in [2.24, 2.45) is 5.73 Å². The number of nitrogens with two attached hydrogens (primary N) is 1. The fraction of sp³-hybridized carbons (Fsp3) is 0.133. The van der Waals surface area contributed by atoms with Gasteiger partial charge >= 0.3 is 0 Å². The van der Waals surface area contributed by atoms with E-state index >= 15 is 0 Å². The minimum atomic E-state index is -0.676. The Bertz CT molecular complexity index is 675. The smallest absolute Gasteiger partial charge is 0.132 e. The molecule has 2 rings (SSSR count). The molecule has 0 amide bonds. The van der Waals surface area contributed by atoms with E-state index in [1.165, 1.54) is 13.2 Å². The fourth-order valence-electron chi connectivity index (χ4n) is 1.73. The monoisotopic (exact) mass is 292 g/mol. The van der Waals surface area contributed by atoms with E-state index in [2.05, 4.69) is 0 Å². The molecule has 2 aromatic carbocycles. The molecule has 2 aromatic rings. The summed E-state index contributed by atoms with van der Waals surface area (Å²) >= 11 is 0. The lowest BCUT2D eigenvalue weighted by Gasteiger charge is -2.11. The molecule has 0 bridgehead atoms. The Morgan fingerprint density at radius 1 is 1.14 bits per heavy atom. The van der Waals surface area contributed by atoms with Gasteiger partial charge in [-0.2, -0.15) is 0 Å². The van der Waals surface area contributed by atoms with Crippen molar-refractivity contribution in [3.05, 3.63) is 59.2 Å². The first-order valence-corrected chi connectivity index (χ1v) is 6.10. The average molecular weight is 292 g/mol. The third kappa shape index (κ3) is 3.68. The largest absolute Gasteiger partial charge is 0.497 e. The number of hydrogen-bond donors (Lipinski definition) is 2. The Morgan fingerprint density at radius 2 is 1.86 bits per heavy atom. The van der Waals surface area contributed by atoms with Gasteiger partial charge in [-0.25, -0.2) is 8.78 Å². The van der Waals surface area contributed by atoms with Crippen molar-refractivity contribution < 1.29 is 18.3 Å². The van der Waals surface area contributed by atoms with Crippen LogP contribution in [0.4, 0.5) is 8.78 Å². The summed E-state index contributed by atoms with van der Waals surface area (Å²) in [6.07, 6.45) is 0. The molecule has 0 aliphatic heterocycles. The summed E-state index contributed by atoms with van der Waals surface area (Å²) in [6, 6.07) is 8.00. The van der Waals surface area contributed by atoms with Crippen molar-refractivity contribution in [1.82, 2.24) is 0 Å². The van der Waals surface area contributed by atoms with E-state index in [4.69, 9.17) is 20.6 Å². The molecular formula is C15H14F2N2O2. The Morgan fingerprint density at radius 3 is 2.48 bits per heavy atom. The number of nitrogens with one attached hydrogen (secondary N) is 1. The quantitative estimate of drug-likeness (QED) is 0.657. The molecule has 0 saturated heterocycles. The standard InChI is InChI=1S/C15H14F2N2O2/c1-20-12-4-10(15(18)19)5-13(7-12)21-8-9-2-3-11(16)6-14(9)17/h2-7H,8H2,1H3,(H3,18,19). The highest BCUT2D eigenvalue weighted by Crippen LogP contribution is 2.23. The van der Waals surface area contributed by atoms with E-state index in [1.54, 1.807) is 18.2 Å². The van der Waals surface area contributed by atoms with Crippen LogP contribution in [0.2, 0.25) is 0 Å². The van der Waals surface area contributed by atoms with Crippen LogP contribution in [-0.2, 0) is 6.61 Å². The van der Waals surface area contributed by atoms with Crippen molar-refractivity contribution in [3.63, 3.8) is 0 Å². The maximum atomic E-state index is 13.5. The van der Waals surface area contributed by atoms with Gasteiger partial charge in [0, 0.05) is 23.3 Å². The van der Waals surface area contributed by atoms with Gasteiger partial charge in [0.15, 0.2) is 0 Å². The normalized spacial score (nSPS) is 10.2. The molecule has 0 unspecified atom stereocenters. The molecule has 110 valence electrons. The van der Waals surface area contributed by atoms with Gasteiger partial charge in [0.05, 0.1) is 7.11 Å². The van der Waals surface area contributed by atoms with E-state index in [0.29, 0.717) is 17.1 Å². The van der Waals surface area contributed by atoms with Crippen LogP contribution in [-0.4, -0.2) is 12.9 Å². The highest BCUT2D eigenvalue weighted by molar-refractivity contribution is 5.95. The van der Waals surface area contributed by atoms with Crippen molar-refractivity contribution >= 4 is 5.84 Å². The van der Waals surface area contributed by atoms with Crippen molar-refractivity contribution in [2.75, 3.05) is 7.11 Å². The highest BCUT2D eigenvalue weighted by atomic mass is 19.1. The fourth-order valence-corrected chi connectivity index (χ4v) is 1.73. The Balaban J connectivity index is 2.19. The Labute approximate surface area is 120 Å². The first-order valence-electron chi connectivity index (χ1n) is 6.10. The van der Waals surface area contributed by atoms with Gasteiger partial charge in [0.1, 0.15) is 35.6 Å². The zero-order valence-electron chi connectivity index (χ0n) is 11.3. The summed E-state index contributed by atoms with van der Waals surface area (Å²) in [5, 5.41) is 7.42. The van der Waals surface area contributed by atoms with Crippen LogP contribution < -0.4 is 15.2 Å².